The summed E-state index contributed by atoms with van der Waals surface area (Å²) in [5.41, 5.74) is 7.52. The van der Waals surface area contributed by atoms with Gasteiger partial charge >= 0.3 is 12.2 Å². The number of Topliss-reactive ketones (excluding diaryl/α,β-unsaturated/α-hetero) is 1. The zero-order valence-electron chi connectivity index (χ0n) is 32.9. The predicted octanol–water partition coefficient (Wildman–Crippen LogP) is 11.1. The summed E-state index contributed by atoms with van der Waals surface area (Å²) in [6.45, 7) is 12.6. The number of benzene rings is 4. The Morgan fingerprint density at radius 2 is 1.32 bits per heavy atom. The monoisotopic (exact) mass is 858 g/mol. The number of nitrogens with zero attached hydrogens (tertiary/aromatic N) is 3. The number of fused-ring (bicyclic) bond motifs is 2. The standard InChI is InChI=1S/C22H24N2O2S.C12H9BrO.C10H18N2O2S/c1-22(2,3)26-21(25)24-13-7-12-19(24)20-23-18(14-27-20)17-11-6-9-15-8-4-5-10-16(15)17;13-8-12(14)11-7-3-5-9-4-1-2-6-10(9)11;1-10(2,3)14-9(13)12-6-4-5-7(12)8(11)15/h4-6,8-11,14,19H,7,12-13H2,1-3H3;1-7H,8H2;7H,4-6H2,1-3H3,(H2,11,15)/t19-;;7-/m0.0/s1. The minimum Gasteiger partial charge on any atom is -0.444 e. The first kappa shape index (κ1) is 42.7. The van der Waals surface area contributed by atoms with Crippen LogP contribution in [0.25, 0.3) is 32.8 Å². The molecular weight excluding hydrogens is 809 g/mol. The van der Waals surface area contributed by atoms with E-state index < -0.39 is 11.2 Å². The lowest BCUT2D eigenvalue weighted by Crippen LogP contribution is -2.45. The highest BCUT2D eigenvalue weighted by molar-refractivity contribution is 9.09. The molecule has 3 heterocycles. The highest BCUT2D eigenvalue weighted by Crippen LogP contribution is 2.38. The fourth-order valence-electron chi connectivity index (χ4n) is 6.72. The van der Waals surface area contributed by atoms with Crippen molar-refractivity contribution in [1.29, 1.82) is 0 Å². The van der Waals surface area contributed by atoms with Crippen LogP contribution in [0.4, 0.5) is 9.59 Å². The normalized spacial score (nSPS) is 16.8. The lowest BCUT2D eigenvalue weighted by Gasteiger charge is -2.27. The number of aromatic nitrogens is 1. The summed E-state index contributed by atoms with van der Waals surface area (Å²) in [6, 6.07) is 28.3. The number of ether oxygens (including phenoxy) is 2. The number of hydrogen-bond donors (Lipinski definition) is 1. The summed E-state index contributed by atoms with van der Waals surface area (Å²) in [5, 5.41) is 8.01. The Balaban J connectivity index is 0.000000176. The Morgan fingerprint density at radius 1 is 0.786 bits per heavy atom. The average molecular weight is 860 g/mol. The Labute approximate surface area is 347 Å². The van der Waals surface area contributed by atoms with Gasteiger partial charge in [0.2, 0.25) is 0 Å². The Bertz CT molecular complexity index is 2170. The van der Waals surface area contributed by atoms with E-state index in [1.807, 2.05) is 88.9 Å². The number of ketones is 1. The lowest BCUT2D eigenvalue weighted by molar-refractivity contribution is 0.0221. The maximum absolute atomic E-state index is 12.6. The zero-order valence-corrected chi connectivity index (χ0v) is 36.1. The van der Waals surface area contributed by atoms with Gasteiger partial charge in [-0.1, -0.05) is 113 Å². The summed E-state index contributed by atoms with van der Waals surface area (Å²) in [6.07, 6.45) is 3.12. The van der Waals surface area contributed by atoms with Gasteiger partial charge in [0.1, 0.15) is 16.2 Å². The minimum absolute atomic E-state index is 0.00794. The quantitative estimate of drug-likeness (QED) is 0.106. The third-order valence-corrected chi connectivity index (χ3v) is 10.9. The molecular formula is C44H51BrN4O5S2. The Kier molecular flexibility index (Phi) is 14.3. The van der Waals surface area contributed by atoms with Gasteiger partial charge in [0.05, 0.1) is 28.1 Å². The van der Waals surface area contributed by atoms with E-state index in [0.29, 0.717) is 16.9 Å². The van der Waals surface area contributed by atoms with Crippen molar-refractivity contribution in [1.82, 2.24) is 14.8 Å². The number of nitrogens with two attached hydrogens (primary N) is 1. The van der Waals surface area contributed by atoms with Crippen LogP contribution < -0.4 is 5.73 Å². The average Bonchev–Trinajstić information content (AvgIpc) is 3.95. The largest absolute Gasteiger partial charge is 0.444 e. The van der Waals surface area contributed by atoms with E-state index in [4.69, 9.17) is 32.4 Å². The Hall–Kier alpha value is -4.39. The molecule has 2 saturated heterocycles. The molecule has 296 valence electrons. The second-order valence-electron chi connectivity index (χ2n) is 15.7. The van der Waals surface area contributed by atoms with E-state index in [2.05, 4.69) is 63.8 Å². The molecule has 0 unspecified atom stereocenters. The SMILES string of the molecule is CC(C)(C)OC(=O)N1CCC[C@H]1C(N)=S.CC(C)(C)OC(=O)N1CCC[C@H]1c1nc(-c2cccc3ccccc23)cs1.O=C(CBr)c1cccc2ccccc12. The van der Waals surface area contributed by atoms with E-state index in [9.17, 15) is 14.4 Å². The third-order valence-electron chi connectivity index (χ3n) is 9.17. The molecule has 2 N–H and O–H groups in total. The predicted molar refractivity (Wildman–Crippen MR) is 235 cm³/mol. The fraction of sp³-hybridized carbons (Fsp3) is 0.386. The van der Waals surface area contributed by atoms with Gasteiger partial charge in [0.15, 0.2) is 5.78 Å². The molecule has 2 amide bonds. The maximum atomic E-state index is 12.6. The molecule has 1 aromatic heterocycles. The van der Waals surface area contributed by atoms with Crippen molar-refractivity contribution in [2.24, 2.45) is 5.73 Å². The molecule has 0 radical (unpaired) electrons. The summed E-state index contributed by atoms with van der Waals surface area (Å²) in [7, 11) is 0. The molecule has 2 aliphatic heterocycles. The number of thiazole rings is 1. The molecule has 56 heavy (non-hydrogen) atoms. The summed E-state index contributed by atoms with van der Waals surface area (Å²) in [5.74, 6) is 0.127. The minimum atomic E-state index is -0.485. The zero-order chi connectivity index (χ0) is 40.6. The van der Waals surface area contributed by atoms with Crippen LogP contribution in [-0.4, -0.2) is 73.4 Å². The molecule has 0 spiro atoms. The van der Waals surface area contributed by atoms with Crippen molar-refractivity contribution < 1.29 is 23.9 Å². The molecule has 0 saturated carbocycles. The molecule has 7 rings (SSSR count). The third kappa shape index (κ3) is 11.1. The van der Waals surface area contributed by atoms with Crippen molar-refractivity contribution in [3.05, 3.63) is 101 Å². The van der Waals surface area contributed by atoms with Crippen LogP contribution in [0.1, 0.15) is 88.6 Å². The number of carbonyl (C=O) groups excluding carboxylic acids is 3. The van der Waals surface area contributed by atoms with E-state index in [-0.39, 0.29) is 30.1 Å². The highest BCUT2D eigenvalue weighted by Gasteiger charge is 2.35. The van der Waals surface area contributed by atoms with Gasteiger partial charge in [-0.25, -0.2) is 14.6 Å². The van der Waals surface area contributed by atoms with Crippen molar-refractivity contribution in [3.63, 3.8) is 0 Å². The molecule has 0 aliphatic carbocycles. The van der Waals surface area contributed by atoms with Gasteiger partial charge in [-0.05, 0) is 88.8 Å². The molecule has 2 aliphatic rings. The molecule has 0 bridgehead atoms. The number of hydrogen-bond acceptors (Lipinski definition) is 8. The Morgan fingerprint density at radius 3 is 1.95 bits per heavy atom. The van der Waals surface area contributed by atoms with Gasteiger partial charge < -0.3 is 15.2 Å². The fourth-order valence-corrected chi connectivity index (χ4v) is 8.23. The van der Waals surface area contributed by atoms with Crippen LogP contribution in [-0.2, 0) is 9.47 Å². The van der Waals surface area contributed by atoms with Crippen LogP contribution >= 0.6 is 39.5 Å². The summed E-state index contributed by atoms with van der Waals surface area (Å²) < 4.78 is 10.9. The van der Waals surface area contributed by atoms with Crippen LogP contribution in [0.3, 0.4) is 0 Å². The number of halogens is 1. The lowest BCUT2D eigenvalue weighted by atomic mass is 10.0. The molecule has 5 aromatic rings. The van der Waals surface area contributed by atoms with Crippen LogP contribution in [0.5, 0.6) is 0 Å². The molecule has 2 fully saturated rings. The number of rotatable bonds is 5. The molecule has 12 heteroatoms. The number of carbonyl (C=O) groups is 3. The molecule has 4 aromatic carbocycles. The number of thiocarbonyl (C=S) groups is 1. The van der Waals surface area contributed by atoms with Gasteiger partial charge in [-0.3, -0.25) is 14.6 Å². The molecule has 9 nitrogen and oxygen atoms in total. The summed E-state index contributed by atoms with van der Waals surface area (Å²) >= 11 is 9.74. The van der Waals surface area contributed by atoms with Gasteiger partial charge in [-0.15, -0.1) is 11.3 Å². The first-order valence-electron chi connectivity index (χ1n) is 18.9. The molecule has 2 atom stereocenters. The van der Waals surface area contributed by atoms with Crippen LogP contribution in [0.15, 0.2) is 90.3 Å². The summed E-state index contributed by atoms with van der Waals surface area (Å²) in [4.78, 5) is 44.7. The maximum Gasteiger partial charge on any atom is 0.410 e. The number of likely N-dealkylation sites (tertiary alicyclic amines) is 2. The van der Waals surface area contributed by atoms with Gasteiger partial charge in [-0.2, -0.15) is 0 Å². The van der Waals surface area contributed by atoms with E-state index in [1.54, 1.807) is 16.2 Å². The second-order valence-corrected chi connectivity index (χ2v) is 17.7. The first-order chi connectivity index (χ1) is 26.6. The van der Waals surface area contributed by atoms with Crippen LogP contribution in [0.2, 0.25) is 0 Å². The van der Waals surface area contributed by atoms with Gasteiger partial charge in [0.25, 0.3) is 0 Å². The van der Waals surface area contributed by atoms with Crippen LogP contribution in [0, 0.1) is 0 Å². The first-order valence-corrected chi connectivity index (χ1v) is 21.3. The number of alkyl halides is 1. The topological polar surface area (TPSA) is 115 Å². The van der Waals surface area contributed by atoms with Crippen molar-refractivity contribution in [2.45, 2.75) is 90.5 Å². The smallest absolute Gasteiger partial charge is 0.410 e. The second kappa shape index (κ2) is 18.7. The highest BCUT2D eigenvalue weighted by atomic mass is 79.9. The number of amides is 2. The van der Waals surface area contributed by atoms with E-state index in [0.717, 1.165) is 64.8 Å². The van der Waals surface area contributed by atoms with Crippen molar-refractivity contribution in [3.8, 4) is 11.3 Å². The van der Waals surface area contributed by atoms with Crippen molar-refractivity contribution >= 4 is 84.0 Å². The van der Waals surface area contributed by atoms with Crippen molar-refractivity contribution in [2.75, 3.05) is 18.4 Å². The van der Waals surface area contributed by atoms with E-state index in [1.165, 1.54) is 10.8 Å². The van der Waals surface area contributed by atoms with E-state index >= 15 is 0 Å². The van der Waals surface area contributed by atoms with Gasteiger partial charge in [0, 0.05) is 29.6 Å².